The van der Waals surface area contributed by atoms with Crippen LogP contribution in [0.15, 0.2) is 9.98 Å². The predicted octanol–water partition coefficient (Wildman–Crippen LogP) is 0.0428. The first kappa shape index (κ1) is 7.22. The van der Waals surface area contributed by atoms with Crippen LogP contribution in [0.1, 0.15) is 0 Å². The Balaban J connectivity index is 2.87. The van der Waals surface area contributed by atoms with Crippen molar-refractivity contribution in [3.8, 4) is 6.07 Å². The number of rotatable bonds is 0. The van der Waals surface area contributed by atoms with Crippen LogP contribution in [0, 0.1) is 11.3 Å². The number of nitriles is 1. The molecule has 0 aromatic rings. The van der Waals surface area contributed by atoms with Crippen LogP contribution in [0.25, 0.3) is 0 Å². The Morgan fingerprint density at radius 2 is 2.50 bits per heavy atom. The summed E-state index contributed by atoms with van der Waals surface area (Å²) in [6, 6.07) is 1.85. The molecular weight excluding hydrogens is 196 g/mol. The Labute approximate surface area is 66.6 Å². The summed E-state index contributed by atoms with van der Waals surface area (Å²) in [4.78, 5) is 7.67. The minimum atomic E-state index is -0.0885. The average Bonchev–Trinajstić information content (AvgIpc) is 1.94. The number of amidine groups is 1. The summed E-state index contributed by atoms with van der Waals surface area (Å²) >= 11 is 3.20. The predicted molar refractivity (Wildman–Crippen MR) is 42.3 cm³/mol. The molecule has 1 rings (SSSR count). The lowest BCUT2D eigenvalue weighted by atomic mass is 10.3. The van der Waals surface area contributed by atoms with Crippen LogP contribution < -0.4 is 5.73 Å². The molecule has 0 saturated carbocycles. The number of alkyl halides is 1. The zero-order valence-electron chi connectivity index (χ0n) is 5.08. The van der Waals surface area contributed by atoms with E-state index in [1.54, 1.807) is 0 Å². The van der Waals surface area contributed by atoms with Crippen molar-refractivity contribution < 1.29 is 0 Å². The lowest BCUT2D eigenvalue weighted by molar-refractivity contribution is 0.917. The maximum absolute atomic E-state index is 8.42. The first-order valence-corrected chi connectivity index (χ1v) is 3.58. The minimum absolute atomic E-state index is 0.0885. The second-order valence-electron chi connectivity index (χ2n) is 1.75. The maximum Gasteiger partial charge on any atom is 0.178 e. The van der Waals surface area contributed by atoms with E-state index >= 15 is 0 Å². The van der Waals surface area contributed by atoms with Crippen molar-refractivity contribution in [2.75, 3.05) is 6.54 Å². The fourth-order valence-electron chi connectivity index (χ4n) is 0.582. The molecule has 10 heavy (non-hydrogen) atoms. The highest BCUT2D eigenvalue weighted by Crippen LogP contribution is 2.06. The zero-order chi connectivity index (χ0) is 7.56. The first-order chi connectivity index (χ1) is 4.74. The molecule has 0 amide bonds. The van der Waals surface area contributed by atoms with Gasteiger partial charge in [0.15, 0.2) is 11.5 Å². The van der Waals surface area contributed by atoms with E-state index < -0.39 is 0 Å². The lowest BCUT2D eigenvalue weighted by Gasteiger charge is -2.07. The summed E-state index contributed by atoms with van der Waals surface area (Å²) in [6.07, 6.45) is 0. The fraction of sp³-hybridized carbons (Fsp3) is 0.400. The van der Waals surface area contributed by atoms with Crippen molar-refractivity contribution in [3.63, 3.8) is 0 Å². The molecule has 0 bridgehead atoms. The number of nitrogens with zero attached hydrogens (tertiary/aromatic N) is 3. The molecule has 0 saturated heterocycles. The fourth-order valence-corrected chi connectivity index (χ4v) is 0.931. The van der Waals surface area contributed by atoms with Crippen LogP contribution >= 0.6 is 15.9 Å². The second-order valence-corrected chi connectivity index (χ2v) is 2.81. The van der Waals surface area contributed by atoms with Crippen LogP contribution in [-0.2, 0) is 0 Å². The van der Waals surface area contributed by atoms with Gasteiger partial charge in [-0.1, -0.05) is 15.9 Å². The third-order valence-corrected chi connectivity index (χ3v) is 1.52. The maximum atomic E-state index is 8.42. The highest BCUT2D eigenvalue weighted by molar-refractivity contribution is 9.09. The standard InChI is InChI=1S/C5H5BrN4/c6-4-2-9-5(8)3(1-7)10-4/h4H,2H2,(H2,8,9). The van der Waals surface area contributed by atoms with Gasteiger partial charge in [-0.2, -0.15) is 5.26 Å². The van der Waals surface area contributed by atoms with Gasteiger partial charge in [0.25, 0.3) is 0 Å². The summed E-state index contributed by atoms with van der Waals surface area (Å²) < 4.78 is 0. The first-order valence-electron chi connectivity index (χ1n) is 2.66. The Morgan fingerprint density at radius 3 is 3.00 bits per heavy atom. The molecule has 1 aliphatic heterocycles. The van der Waals surface area contributed by atoms with E-state index in [9.17, 15) is 0 Å². The summed E-state index contributed by atoms with van der Waals surface area (Å²) in [7, 11) is 0. The number of nitrogens with two attached hydrogens (primary N) is 1. The number of hydrogen-bond donors (Lipinski definition) is 1. The molecule has 1 atom stereocenters. The van der Waals surface area contributed by atoms with Crippen molar-refractivity contribution in [1.29, 1.82) is 5.26 Å². The summed E-state index contributed by atoms with van der Waals surface area (Å²) in [5.41, 5.74) is 5.54. The Kier molecular flexibility index (Phi) is 2.02. The van der Waals surface area contributed by atoms with E-state index in [0.29, 0.717) is 6.54 Å². The normalized spacial score (nSPS) is 24.6. The summed E-state index contributed by atoms with van der Waals surface area (Å²) in [5, 5.41) is 8.42. The van der Waals surface area contributed by atoms with Crippen molar-refractivity contribution in [2.45, 2.75) is 4.95 Å². The van der Waals surface area contributed by atoms with Crippen LogP contribution in [0.3, 0.4) is 0 Å². The van der Waals surface area contributed by atoms with E-state index in [1.807, 2.05) is 6.07 Å². The molecule has 1 heterocycles. The topological polar surface area (TPSA) is 74.5 Å². The van der Waals surface area contributed by atoms with Gasteiger partial charge in [0.2, 0.25) is 0 Å². The van der Waals surface area contributed by atoms with Gasteiger partial charge in [-0.25, -0.2) is 0 Å². The van der Waals surface area contributed by atoms with Crippen molar-refractivity contribution >= 4 is 27.5 Å². The van der Waals surface area contributed by atoms with Crippen molar-refractivity contribution in [2.24, 2.45) is 15.7 Å². The van der Waals surface area contributed by atoms with Crippen LogP contribution in [-0.4, -0.2) is 23.0 Å². The monoisotopic (exact) mass is 200 g/mol. The van der Waals surface area contributed by atoms with Crippen LogP contribution in [0.2, 0.25) is 0 Å². The quantitative estimate of drug-likeness (QED) is 0.443. The third-order valence-electron chi connectivity index (χ3n) is 1.03. The molecule has 0 spiro atoms. The molecule has 0 aromatic heterocycles. The molecular formula is C5H5BrN4. The lowest BCUT2D eigenvalue weighted by Crippen LogP contribution is -2.28. The van der Waals surface area contributed by atoms with Crippen LogP contribution in [0.5, 0.6) is 0 Å². The molecule has 2 N–H and O–H groups in total. The Bertz CT molecular complexity index is 237. The molecule has 1 unspecified atom stereocenters. The summed E-state index contributed by atoms with van der Waals surface area (Å²) in [6.45, 7) is 0.511. The molecule has 0 radical (unpaired) electrons. The van der Waals surface area contributed by atoms with Gasteiger partial charge in [0, 0.05) is 0 Å². The molecule has 4 nitrogen and oxygen atoms in total. The van der Waals surface area contributed by atoms with E-state index in [0.717, 1.165) is 0 Å². The van der Waals surface area contributed by atoms with E-state index in [4.69, 9.17) is 11.0 Å². The SMILES string of the molecule is N#CC1=NC(Br)CN=C1N. The third kappa shape index (κ3) is 1.33. The Morgan fingerprint density at radius 1 is 1.80 bits per heavy atom. The number of halogens is 1. The molecule has 1 aliphatic rings. The smallest absolute Gasteiger partial charge is 0.178 e. The minimum Gasteiger partial charge on any atom is -0.382 e. The van der Waals surface area contributed by atoms with E-state index in [2.05, 4.69) is 25.9 Å². The van der Waals surface area contributed by atoms with Gasteiger partial charge in [-0.3, -0.25) is 9.98 Å². The summed E-state index contributed by atoms with van der Waals surface area (Å²) in [5.74, 6) is 0.234. The highest BCUT2D eigenvalue weighted by atomic mass is 79.9. The zero-order valence-corrected chi connectivity index (χ0v) is 6.67. The second kappa shape index (κ2) is 2.80. The van der Waals surface area contributed by atoms with Crippen molar-refractivity contribution in [1.82, 2.24) is 0 Å². The van der Waals surface area contributed by atoms with Gasteiger partial charge in [-0.05, 0) is 0 Å². The van der Waals surface area contributed by atoms with Gasteiger partial charge in [0.1, 0.15) is 11.0 Å². The van der Waals surface area contributed by atoms with Gasteiger partial charge in [0.05, 0.1) is 6.54 Å². The number of hydrogen-bond acceptors (Lipinski definition) is 4. The molecule has 52 valence electrons. The number of aliphatic imine (C=N–C) groups is 2. The van der Waals surface area contributed by atoms with Crippen LogP contribution in [0.4, 0.5) is 0 Å². The molecule has 5 heteroatoms. The molecule has 0 aromatic carbocycles. The largest absolute Gasteiger partial charge is 0.382 e. The van der Waals surface area contributed by atoms with Gasteiger partial charge < -0.3 is 5.73 Å². The Hall–Kier alpha value is -0.890. The van der Waals surface area contributed by atoms with E-state index in [1.165, 1.54) is 0 Å². The van der Waals surface area contributed by atoms with Gasteiger partial charge >= 0.3 is 0 Å². The van der Waals surface area contributed by atoms with Crippen molar-refractivity contribution in [3.05, 3.63) is 0 Å². The van der Waals surface area contributed by atoms with Gasteiger partial charge in [-0.15, -0.1) is 0 Å². The molecule has 0 aliphatic carbocycles. The van der Waals surface area contributed by atoms with E-state index in [-0.39, 0.29) is 16.5 Å². The molecule has 0 fully saturated rings. The highest BCUT2D eigenvalue weighted by Gasteiger charge is 2.12. The average molecular weight is 201 g/mol.